The van der Waals surface area contributed by atoms with Gasteiger partial charge < -0.3 is 4.74 Å². The first-order chi connectivity index (χ1) is 8.63. The van der Waals surface area contributed by atoms with Crippen molar-refractivity contribution in [1.29, 1.82) is 0 Å². The van der Waals surface area contributed by atoms with E-state index < -0.39 is 0 Å². The van der Waals surface area contributed by atoms with Crippen LogP contribution >= 0.6 is 11.6 Å². The lowest BCUT2D eigenvalue weighted by molar-refractivity contribution is 0.103. The van der Waals surface area contributed by atoms with Gasteiger partial charge in [0, 0.05) is 10.6 Å². The van der Waals surface area contributed by atoms with Crippen molar-refractivity contribution < 1.29 is 9.53 Å². The third-order valence-corrected chi connectivity index (χ3v) is 3.02. The lowest BCUT2D eigenvalue weighted by Crippen LogP contribution is -2.04. The number of rotatable bonds is 3. The van der Waals surface area contributed by atoms with Crippen LogP contribution in [0.4, 0.5) is 0 Å². The summed E-state index contributed by atoms with van der Waals surface area (Å²) < 4.78 is 5.30. The molecule has 0 saturated carbocycles. The number of aryl methyl sites for hydroxylation is 1. The molecule has 0 unspecified atom stereocenters. The number of halogens is 1. The topological polar surface area (TPSA) is 26.3 Å². The first kappa shape index (κ1) is 12.7. The zero-order valence-electron chi connectivity index (χ0n) is 10.2. The minimum Gasteiger partial charge on any atom is -0.496 e. The lowest BCUT2D eigenvalue weighted by atomic mass is 10.0. The van der Waals surface area contributed by atoms with Gasteiger partial charge in [0.2, 0.25) is 0 Å². The standard InChI is InChI=1S/C15H13ClO2/c1-10-4-3-5-13(15(10)18-2)14(17)11-6-8-12(16)9-7-11/h3-9H,1-2H3. The predicted octanol–water partition coefficient (Wildman–Crippen LogP) is 3.89. The molecular weight excluding hydrogens is 248 g/mol. The van der Waals surface area contributed by atoms with E-state index in [0.717, 1.165) is 5.56 Å². The molecule has 2 nitrogen and oxygen atoms in total. The fourth-order valence-corrected chi connectivity index (χ4v) is 1.98. The van der Waals surface area contributed by atoms with E-state index in [-0.39, 0.29) is 5.78 Å². The minimum atomic E-state index is -0.0628. The number of methoxy groups -OCH3 is 1. The molecule has 0 radical (unpaired) electrons. The zero-order valence-corrected chi connectivity index (χ0v) is 11.0. The Balaban J connectivity index is 2.46. The molecule has 3 heteroatoms. The van der Waals surface area contributed by atoms with Crippen molar-refractivity contribution >= 4 is 17.4 Å². The van der Waals surface area contributed by atoms with Crippen molar-refractivity contribution in [3.8, 4) is 5.75 Å². The zero-order chi connectivity index (χ0) is 13.1. The van der Waals surface area contributed by atoms with Gasteiger partial charge in [-0.05, 0) is 42.8 Å². The van der Waals surface area contributed by atoms with Gasteiger partial charge in [-0.25, -0.2) is 0 Å². The highest BCUT2D eigenvalue weighted by Crippen LogP contribution is 2.25. The molecule has 0 amide bonds. The number of hydrogen-bond donors (Lipinski definition) is 0. The number of carbonyl (C=O) groups excluding carboxylic acids is 1. The molecule has 0 bridgehead atoms. The van der Waals surface area contributed by atoms with Crippen molar-refractivity contribution in [1.82, 2.24) is 0 Å². The number of ketones is 1. The van der Waals surface area contributed by atoms with Crippen LogP contribution in [0.2, 0.25) is 5.02 Å². The molecule has 0 aliphatic carbocycles. The van der Waals surface area contributed by atoms with Crippen LogP contribution in [0.3, 0.4) is 0 Å². The molecule has 92 valence electrons. The van der Waals surface area contributed by atoms with Crippen LogP contribution in [0.25, 0.3) is 0 Å². The second-order valence-electron chi connectivity index (χ2n) is 3.99. The Kier molecular flexibility index (Phi) is 3.68. The van der Waals surface area contributed by atoms with E-state index in [2.05, 4.69) is 0 Å². The summed E-state index contributed by atoms with van der Waals surface area (Å²) in [4.78, 5) is 12.4. The monoisotopic (exact) mass is 260 g/mol. The van der Waals surface area contributed by atoms with E-state index in [9.17, 15) is 4.79 Å². The second-order valence-corrected chi connectivity index (χ2v) is 4.43. The number of ether oxygens (including phenoxy) is 1. The molecule has 0 atom stereocenters. The summed E-state index contributed by atoms with van der Waals surface area (Å²) in [6.45, 7) is 1.91. The number of para-hydroxylation sites is 1. The van der Waals surface area contributed by atoms with Gasteiger partial charge in [0.05, 0.1) is 12.7 Å². The first-order valence-corrected chi connectivity index (χ1v) is 5.95. The summed E-state index contributed by atoms with van der Waals surface area (Å²) in [6.07, 6.45) is 0. The maximum Gasteiger partial charge on any atom is 0.196 e. The first-order valence-electron chi connectivity index (χ1n) is 5.57. The van der Waals surface area contributed by atoms with Crippen LogP contribution in [0.15, 0.2) is 42.5 Å². The average molecular weight is 261 g/mol. The molecule has 0 fully saturated rings. The van der Waals surface area contributed by atoms with Crippen LogP contribution in [0.5, 0.6) is 5.75 Å². The van der Waals surface area contributed by atoms with Crippen LogP contribution < -0.4 is 4.74 Å². The SMILES string of the molecule is COc1c(C)cccc1C(=O)c1ccc(Cl)cc1. The molecule has 0 saturated heterocycles. The highest BCUT2D eigenvalue weighted by Gasteiger charge is 2.15. The Bertz CT molecular complexity index is 574. The molecule has 2 aromatic carbocycles. The van der Waals surface area contributed by atoms with Gasteiger partial charge in [0.25, 0.3) is 0 Å². The maximum atomic E-state index is 12.4. The fourth-order valence-electron chi connectivity index (χ4n) is 1.86. The average Bonchev–Trinajstić information content (AvgIpc) is 2.38. The van der Waals surface area contributed by atoms with Crippen LogP contribution in [-0.2, 0) is 0 Å². The van der Waals surface area contributed by atoms with Crippen molar-refractivity contribution in [2.45, 2.75) is 6.92 Å². The Hall–Kier alpha value is -1.80. The van der Waals surface area contributed by atoms with Crippen molar-refractivity contribution in [3.63, 3.8) is 0 Å². The van der Waals surface area contributed by atoms with E-state index in [1.807, 2.05) is 19.1 Å². The highest BCUT2D eigenvalue weighted by molar-refractivity contribution is 6.30. The Labute approximate surface area is 111 Å². The van der Waals surface area contributed by atoms with Crippen LogP contribution in [0, 0.1) is 6.92 Å². The molecule has 2 aromatic rings. The summed E-state index contributed by atoms with van der Waals surface area (Å²) in [5.41, 5.74) is 2.11. The Morgan fingerprint density at radius 2 is 1.78 bits per heavy atom. The summed E-state index contributed by atoms with van der Waals surface area (Å²) in [5.74, 6) is 0.560. The quantitative estimate of drug-likeness (QED) is 0.783. The maximum absolute atomic E-state index is 12.4. The molecule has 0 spiro atoms. The number of benzene rings is 2. The second kappa shape index (κ2) is 5.23. The normalized spacial score (nSPS) is 10.2. The van der Waals surface area contributed by atoms with Crippen LogP contribution in [-0.4, -0.2) is 12.9 Å². The van der Waals surface area contributed by atoms with Crippen molar-refractivity contribution in [2.24, 2.45) is 0 Å². The van der Waals surface area contributed by atoms with Gasteiger partial charge in [0.1, 0.15) is 5.75 Å². The third kappa shape index (κ3) is 2.39. The third-order valence-electron chi connectivity index (χ3n) is 2.77. The lowest BCUT2D eigenvalue weighted by Gasteiger charge is -2.10. The number of hydrogen-bond acceptors (Lipinski definition) is 2. The molecule has 18 heavy (non-hydrogen) atoms. The fraction of sp³-hybridized carbons (Fsp3) is 0.133. The molecule has 0 aromatic heterocycles. The van der Waals surface area contributed by atoms with Crippen molar-refractivity contribution in [2.75, 3.05) is 7.11 Å². The number of carbonyl (C=O) groups is 1. The van der Waals surface area contributed by atoms with Gasteiger partial charge in [-0.15, -0.1) is 0 Å². The molecule has 2 rings (SSSR count). The van der Waals surface area contributed by atoms with Crippen LogP contribution in [0.1, 0.15) is 21.5 Å². The Morgan fingerprint density at radius 3 is 2.39 bits per heavy atom. The highest BCUT2D eigenvalue weighted by atomic mass is 35.5. The smallest absolute Gasteiger partial charge is 0.196 e. The van der Waals surface area contributed by atoms with Gasteiger partial charge in [-0.1, -0.05) is 23.7 Å². The van der Waals surface area contributed by atoms with Gasteiger partial charge in [-0.3, -0.25) is 4.79 Å². The van der Waals surface area contributed by atoms with E-state index in [1.165, 1.54) is 0 Å². The molecule has 0 N–H and O–H groups in total. The van der Waals surface area contributed by atoms with Gasteiger partial charge >= 0.3 is 0 Å². The summed E-state index contributed by atoms with van der Waals surface area (Å²) in [5, 5.41) is 0.614. The van der Waals surface area contributed by atoms with Crippen molar-refractivity contribution in [3.05, 3.63) is 64.2 Å². The Morgan fingerprint density at radius 1 is 1.11 bits per heavy atom. The largest absolute Gasteiger partial charge is 0.496 e. The molecule has 0 heterocycles. The van der Waals surface area contributed by atoms with Gasteiger partial charge in [-0.2, -0.15) is 0 Å². The summed E-state index contributed by atoms with van der Waals surface area (Å²) >= 11 is 5.81. The molecule has 0 aliphatic rings. The summed E-state index contributed by atoms with van der Waals surface area (Å²) in [6, 6.07) is 12.4. The molecular formula is C15H13ClO2. The van der Waals surface area contributed by atoms with E-state index in [0.29, 0.717) is 21.9 Å². The van der Waals surface area contributed by atoms with Gasteiger partial charge in [0.15, 0.2) is 5.78 Å². The summed E-state index contributed by atoms with van der Waals surface area (Å²) in [7, 11) is 1.57. The predicted molar refractivity (Wildman–Crippen MR) is 72.6 cm³/mol. The van der Waals surface area contributed by atoms with E-state index in [4.69, 9.17) is 16.3 Å². The minimum absolute atomic E-state index is 0.0628. The van der Waals surface area contributed by atoms with E-state index >= 15 is 0 Å². The molecule has 0 aliphatic heterocycles. The van der Waals surface area contributed by atoms with E-state index in [1.54, 1.807) is 37.4 Å².